The third-order valence-corrected chi connectivity index (χ3v) is 7.37. The normalized spacial score (nSPS) is 16.0. The van der Waals surface area contributed by atoms with E-state index in [1.54, 1.807) is 22.9 Å². The lowest BCUT2D eigenvalue weighted by Gasteiger charge is -2.24. The molecule has 1 N–H and O–H groups in total. The van der Waals surface area contributed by atoms with E-state index < -0.39 is 5.41 Å². The van der Waals surface area contributed by atoms with Crippen molar-refractivity contribution in [2.24, 2.45) is 0 Å². The van der Waals surface area contributed by atoms with Crippen LogP contribution < -0.4 is 10.2 Å². The highest BCUT2D eigenvalue weighted by atomic mass is 35.5. The van der Waals surface area contributed by atoms with Crippen LogP contribution in [-0.2, 0) is 15.0 Å². The van der Waals surface area contributed by atoms with Gasteiger partial charge in [-0.15, -0.1) is 11.8 Å². The molecule has 0 saturated carbocycles. The van der Waals surface area contributed by atoms with Crippen molar-refractivity contribution in [3.63, 3.8) is 0 Å². The fourth-order valence-electron chi connectivity index (χ4n) is 4.26. The number of hydrogen-bond donors (Lipinski definition) is 1. The van der Waals surface area contributed by atoms with Crippen molar-refractivity contribution in [3.05, 3.63) is 76.2 Å². The van der Waals surface area contributed by atoms with E-state index in [9.17, 15) is 14.0 Å². The second-order valence-electron chi connectivity index (χ2n) is 9.80. The molecular weight excluding hydrogens is 499 g/mol. The molecule has 2 amide bonds. The topological polar surface area (TPSA) is 67.2 Å². The van der Waals surface area contributed by atoms with Crippen LogP contribution in [0.5, 0.6) is 0 Å². The first-order valence-corrected chi connectivity index (χ1v) is 13.4. The number of carbonyl (C=O) groups excluding carboxylic acids is 2. The first kappa shape index (κ1) is 26.2. The zero-order valence-corrected chi connectivity index (χ0v) is 22.4. The number of hydrogen-bond acceptors (Lipinski definition) is 4. The first-order valence-electron chi connectivity index (χ1n) is 11.9. The molecule has 1 aliphatic heterocycles. The van der Waals surface area contributed by atoms with Gasteiger partial charge in [-0.3, -0.25) is 14.5 Å². The van der Waals surface area contributed by atoms with Gasteiger partial charge in [-0.25, -0.2) is 9.07 Å². The largest absolute Gasteiger partial charge is 0.355 e. The molecule has 0 aliphatic carbocycles. The number of benzene rings is 2. The van der Waals surface area contributed by atoms with Crippen LogP contribution in [0.2, 0.25) is 5.02 Å². The first-order chi connectivity index (χ1) is 17.1. The molecule has 0 spiro atoms. The lowest BCUT2D eigenvalue weighted by Crippen LogP contribution is -2.42. The second kappa shape index (κ2) is 10.6. The van der Waals surface area contributed by atoms with Gasteiger partial charge in [-0.1, -0.05) is 57.5 Å². The number of anilines is 1. The summed E-state index contributed by atoms with van der Waals surface area (Å²) in [7, 11) is 0. The molecule has 1 aliphatic rings. The van der Waals surface area contributed by atoms with Crippen molar-refractivity contribution in [2.75, 3.05) is 23.7 Å². The molecule has 190 valence electrons. The van der Waals surface area contributed by atoms with Gasteiger partial charge in [0.25, 0.3) is 0 Å². The van der Waals surface area contributed by atoms with Gasteiger partial charge in [-0.2, -0.15) is 5.10 Å². The molecule has 6 nitrogen and oxygen atoms in total. The van der Waals surface area contributed by atoms with Crippen molar-refractivity contribution < 1.29 is 14.0 Å². The molecule has 36 heavy (non-hydrogen) atoms. The zero-order valence-electron chi connectivity index (χ0n) is 20.8. The van der Waals surface area contributed by atoms with Gasteiger partial charge in [0.2, 0.25) is 11.8 Å². The minimum absolute atomic E-state index is 0.135. The van der Waals surface area contributed by atoms with E-state index in [2.05, 4.69) is 26.1 Å². The van der Waals surface area contributed by atoms with Crippen molar-refractivity contribution in [1.82, 2.24) is 15.1 Å². The summed E-state index contributed by atoms with van der Waals surface area (Å²) in [5.74, 6) is -0.161. The van der Waals surface area contributed by atoms with E-state index in [-0.39, 0.29) is 35.2 Å². The number of amides is 2. The monoisotopic (exact) mass is 528 g/mol. The summed E-state index contributed by atoms with van der Waals surface area (Å²) in [5, 5.41) is 8.03. The molecule has 0 saturated heterocycles. The molecule has 0 unspecified atom stereocenters. The average Bonchev–Trinajstić information content (AvgIpc) is 3.16. The number of nitrogens with zero attached hydrogens (tertiary/aromatic N) is 3. The van der Waals surface area contributed by atoms with E-state index in [1.165, 1.54) is 28.8 Å². The number of thioether (sulfide) groups is 1. The predicted octanol–water partition coefficient (Wildman–Crippen LogP) is 5.66. The van der Waals surface area contributed by atoms with E-state index in [4.69, 9.17) is 16.7 Å². The molecule has 3 aromatic rings. The van der Waals surface area contributed by atoms with Crippen molar-refractivity contribution in [1.29, 1.82) is 0 Å². The Morgan fingerprint density at radius 2 is 1.97 bits per heavy atom. The van der Waals surface area contributed by atoms with Crippen LogP contribution in [0.3, 0.4) is 0 Å². The highest BCUT2D eigenvalue weighted by Gasteiger charge is 2.40. The summed E-state index contributed by atoms with van der Waals surface area (Å²) >= 11 is 7.74. The standard InChI is InChI=1S/C27H30ClFN4O2S/c1-5-12-30-21(34)15-32-22(35)16-36-24(17-8-6-10-19(29)13-17)23-25(27(2,3)4)31-33(26(23)32)20-11-7-9-18(28)14-20/h6-11,13-14,24H,5,12,15-16H2,1-4H3,(H,30,34)/t24-/m1/s1. The Labute approximate surface area is 220 Å². The Morgan fingerprint density at radius 1 is 1.22 bits per heavy atom. The smallest absolute Gasteiger partial charge is 0.240 e. The van der Waals surface area contributed by atoms with Crippen molar-refractivity contribution >= 4 is 41.0 Å². The number of carbonyl (C=O) groups is 2. The lowest BCUT2D eigenvalue weighted by molar-refractivity contribution is -0.122. The maximum absolute atomic E-state index is 14.3. The third kappa shape index (κ3) is 5.44. The molecule has 4 rings (SSSR count). The third-order valence-electron chi connectivity index (χ3n) is 5.88. The molecule has 0 radical (unpaired) electrons. The molecule has 2 heterocycles. The number of fused-ring (bicyclic) bond motifs is 1. The van der Waals surface area contributed by atoms with Gasteiger partial charge in [0.1, 0.15) is 18.2 Å². The zero-order chi connectivity index (χ0) is 26.0. The lowest BCUT2D eigenvalue weighted by atomic mass is 9.87. The number of nitrogens with one attached hydrogen (secondary N) is 1. The Hall–Kier alpha value is -2.84. The fraction of sp³-hybridized carbons (Fsp3) is 0.370. The van der Waals surface area contributed by atoms with Gasteiger partial charge >= 0.3 is 0 Å². The molecule has 0 bridgehead atoms. The second-order valence-corrected chi connectivity index (χ2v) is 11.3. The van der Waals surface area contributed by atoms with Gasteiger partial charge in [0.15, 0.2) is 0 Å². The number of halogens is 2. The van der Waals surface area contributed by atoms with Gasteiger partial charge < -0.3 is 5.32 Å². The van der Waals surface area contributed by atoms with Gasteiger partial charge in [0.05, 0.1) is 22.4 Å². The Balaban J connectivity index is 2.00. The molecule has 1 aromatic heterocycles. The minimum atomic E-state index is -0.399. The summed E-state index contributed by atoms with van der Waals surface area (Å²) in [4.78, 5) is 27.9. The SMILES string of the molecule is CCCNC(=O)CN1C(=O)CS[C@H](c2cccc(F)c2)c2c(C(C)(C)C)nn(-c3cccc(Cl)c3)c21. The minimum Gasteiger partial charge on any atom is -0.355 e. The molecule has 1 atom stereocenters. The summed E-state index contributed by atoms with van der Waals surface area (Å²) in [5.41, 5.74) is 2.58. The van der Waals surface area contributed by atoms with Crippen LogP contribution in [0.25, 0.3) is 5.69 Å². The van der Waals surface area contributed by atoms with Crippen LogP contribution >= 0.6 is 23.4 Å². The highest BCUT2D eigenvalue weighted by molar-refractivity contribution is 8.00. The highest BCUT2D eigenvalue weighted by Crippen LogP contribution is 2.48. The summed E-state index contributed by atoms with van der Waals surface area (Å²) in [6.07, 6.45) is 0.789. The fourth-order valence-corrected chi connectivity index (χ4v) is 5.63. The van der Waals surface area contributed by atoms with E-state index >= 15 is 0 Å². The van der Waals surface area contributed by atoms with Crippen molar-refractivity contribution in [3.8, 4) is 5.69 Å². The predicted molar refractivity (Wildman–Crippen MR) is 144 cm³/mol. The Morgan fingerprint density at radius 3 is 2.64 bits per heavy atom. The molecule has 9 heteroatoms. The van der Waals surface area contributed by atoms with Gasteiger partial charge in [0, 0.05) is 22.5 Å². The van der Waals surface area contributed by atoms with Crippen LogP contribution in [-0.4, -0.2) is 40.4 Å². The average molecular weight is 529 g/mol. The van der Waals surface area contributed by atoms with E-state index in [0.29, 0.717) is 23.1 Å². The molecule has 0 fully saturated rings. The van der Waals surface area contributed by atoms with Crippen LogP contribution in [0.1, 0.15) is 56.2 Å². The van der Waals surface area contributed by atoms with E-state index in [1.807, 2.05) is 25.1 Å². The quantitative estimate of drug-likeness (QED) is 0.448. The maximum atomic E-state index is 14.3. The maximum Gasteiger partial charge on any atom is 0.240 e. The van der Waals surface area contributed by atoms with Crippen LogP contribution in [0, 0.1) is 5.82 Å². The number of aromatic nitrogens is 2. The Kier molecular flexibility index (Phi) is 7.76. The van der Waals surface area contributed by atoms with Crippen molar-refractivity contribution in [2.45, 2.75) is 44.8 Å². The number of rotatable bonds is 6. The van der Waals surface area contributed by atoms with Crippen LogP contribution in [0.15, 0.2) is 48.5 Å². The van der Waals surface area contributed by atoms with E-state index in [0.717, 1.165) is 23.2 Å². The summed E-state index contributed by atoms with van der Waals surface area (Å²) < 4.78 is 16.0. The summed E-state index contributed by atoms with van der Waals surface area (Å²) in [6, 6.07) is 13.7. The Bertz CT molecular complexity index is 1290. The molecular formula is C27H30ClFN4O2S. The van der Waals surface area contributed by atoms with Crippen LogP contribution in [0.4, 0.5) is 10.2 Å². The summed E-state index contributed by atoms with van der Waals surface area (Å²) in [6.45, 7) is 8.51. The van der Waals surface area contributed by atoms with Gasteiger partial charge in [-0.05, 0) is 42.3 Å². The molecule has 2 aromatic carbocycles.